The number of thiazole rings is 1. The second kappa shape index (κ2) is 7.21. The predicted molar refractivity (Wildman–Crippen MR) is 98.3 cm³/mol. The predicted octanol–water partition coefficient (Wildman–Crippen LogP) is 4.49. The van der Waals surface area contributed by atoms with E-state index in [9.17, 15) is 4.79 Å². The number of aromatic nitrogens is 1. The Kier molecular flexibility index (Phi) is 5.05. The van der Waals surface area contributed by atoms with Gasteiger partial charge in [-0.1, -0.05) is 41.1 Å². The summed E-state index contributed by atoms with van der Waals surface area (Å²) in [5.74, 6) is 0.236. The fraction of sp³-hybridized carbons (Fsp3) is 0.125. The van der Waals surface area contributed by atoms with Crippen molar-refractivity contribution < 1.29 is 4.79 Å². The fourth-order valence-corrected chi connectivity index (χ4v) is 3.73. The van der Waals surface area contributed by atoms with Gasteiger partial charge in [0.05, 0.1) is 16.0 Å². The van der Waals surface area contributed by atoms with Crippen LogP contribution in [0.1, 0.15) is 5.56 Å². The summed E-state index contributed by atoms with van der Waals surface area (Å²) in [6.07, 6.45) is 0. The van der Waals surface area contributed by atoms with E-state index in [0.717, 1.165) is 20.7 Å². The molecular weight excluding hydrogens is 350 g/mol. The molecule has 0 fully saturated rings. The highest BCUT2D eigenvalue weighted by molar-refractivity contribution is 8.00. The van der Waals surface area contributed by atoms with Gasteiger partial charge in [0, 0.05) is 9.92 Å². The molecule has 1 heterocycles. The van der Waals surface area contributed by atoms with Crippen molar-refractivity contribution in [1.29, 1.82) is 0 Å². The molecule has 0 saturated carbocycles. The number of rotatable bonds is 5. The number of thioether (sulfide) groups is 1. The number of anilines is 1. The number of carbonyl (C=O) groups excluding carboxylic acids is 1. The number of benzene rings is 2. The van der Waals surface area contributed by atoms with E-state index in [1.807, 2.05) is 49.4 Å². The molecule has 118 valence electrons. The van der Waals surface area contributed by atoms with Crippen molar-refractivity contribution in [2.75, 3.05) is 11.2 Å². The zero-order valence-corrected chi connectivity index (χ0v) is 14.7. The molecule has 3 rings (SSSR count). The highest BCUT2D eigenvalue weighted by atomic mass is 35.5. The van der Waals surface area contributed by atoms with Crippen molar-refractivity contribution in [2.24, 2.45) is 0 Å². The molecule has 23 heavy (non-hydrogen) atoms. The third-order valence-electron chi connectivity index (χ3n) is 3.17. The number of aryl methyl sites for hydroxylation is 1. The van der Waals surface area contributed by atoms with E-state index in [1.165, 1.54) is 23.1 Å². The second-order valence-electron chi connectivity index (χ2n) is 4.81. The Hall–Kier alpha value is -1.76. The fourth-order valence-electron chi connectivity index (χ4n) is 1.98. The first-order valence-corrected chi connectivity index (χ1v) is 9.10. The van der Waals surface area contributed by atoms with Crippen LogP contribution in [0.5, 0.6) is 0 Å². The van der Waals surface area contributed by atoms with Crippen molar-refractivity contribution >= 4 is 56.0 Å². The Balaban J connectivity index is 1.58. The van der Waals surface area contributed by atoms with Crippen LogP contribution in [0, 0.1) is 6.92 Å². The Morgan fingerprint density at radius 3 is 2.83 bits per heavy atom. The summed E-state index contributed by atoms with van der Waals surface area (Å²) in [5.41, 5.74) is 7.34. The summed E-state index contributed by atoms with van der Waals surface area (Å²) >= 11 is 9.06. The number of nitrogens with one attached hydrogen (secondary N) is 2. The number of hydrogen-bond acceptors (Lipinski definition) is 5. The molecule has 0 atom stereocenters. The van der Waals surface area contributed by atoms with Crippen LogP contribution in [-0.4, -0.2) is 16.6 Å². The van der Waals surface area contributed by atoms with Crippen LogP contribution in [-0.2, 0) is 4.79 Å². The Morgan fingerprint density at radius 1 is 1.26 bits per heavy atom. The smallest absolute Gasteiger partial charge is 0.248 e. The maximum Gasteiger partial charge on any atom is 0.248 e. The Morgan fingerprint density at radius 2 is 2.04 bits per heavy atom. The number of hydrazine groups is 1. The third-order valence-corrected chi connectivity index (χ3v) is 5.53. The lowest BCUT2D eigenvalue weighted by molar-refractivity contribution is -0.118. The van der Waals surface area contributed by atoms with Crippen molar-refractivity contribution in [3.8, 4) is 0 Å². The maximum atomic E-state index is 11.9. The molecule has 0 saturated heterocycles. The maximum absolute atomic E-state index is 11.9. The molecule has 0 spiro atoms. The summed E-state index contributed by atoms with van der Waals surface area (Å²) in [7, 11) is 0. The van der Waals surface area contributed by atoms with Gasteiger partial charge in [-0.05, 0) is 36.8 Å². The first-order chi connectivity index (χ1) is 11.1. The number of halogens is 1. The lowest BCUT2D eigenvalue weighted by atomic mass is 10.2. The van der Waals surface area contributed by atoms with Crippen LogP contribution in [0.3, 0.4) is 0 Å². The third kappa shape index (κ3) is 3.96. The highest BCUT2D eigenvalue weighted by Crippen LogP contribution is 2.31. The van der Waals surface area contributed by atoms with Gasteiger partial charge in [-0.2, -0.15) is 0 Å². The van der Waals surface area contributed by atoms with Crippen LogP contribution < -0.4 is 10.9 Å². The molecule has 2 aromatic carbocycles. The van der Waals surface area contributed by atoms with Gasteiger partial charge in [-0.15, -0.1) is 11.8 Å². The van der Waals surface area contributed by atoms with E-state index in [0.29, 0.717) is 15.9 Å². The standard InChI is InChI=1S/C16H14ClN3OS2/c1-10-12(17)7-8-13-15(10)18-16(23-13)20-19-14(21)9-22-11-5-3-2-4-6-11/h2-8H,9H2,1H3,(H,18,20)(H,19,21). The van der Waals surface area contributed by atoms with E-state index >= 15 is 0 Å². The van der Waals surface area contributed by atoms with Crippen molar-refractivity contribution in [2.45, 2.75) is 11.8 Å². The zero-order valence-electron chi connectivity index (χ0n) is 12.3. The monoisotopic (exact) mass is 363 g/mol. The molecule has 1 aromatic heterocycles. The Bertz CT molecular complexity index is 836. The minimum Gasteiger partial charge on any atom is -0.273 e. The zero-order chi connectivity index (χ0) is 16.2. The minimum absolute atomic E-state index is 0.104. The first kappa shape index (κ1) is 16.1. The summed E-state index contributed by atoms with van der Waals surface area (Å²) in [5, 5.41) is 1.33. The molecule has 0 unspecified atom stereocenters. The van der Waals surface area contributed by atoms with E-state index in [4.69, 9.17) is 11.6 Å². The molecule has 4 nitrogen and oxygen atoms in total. The average molecular weight is 364 g/mol. The molecule has 0 aliphatic carbocycles. The quantitative estimate of drug-likeness (QED) is 0.518. The van der Waals surface area contributed by atoms with E-state index < -0.39 is 0 Å². The number of fused-ring (bicyclic) bond motifs is 1. The van der Waals surface area contributed by atoms with Gasteiger partial charge in [0.1, 0.15) is 0 Å². The first-order valence-electron chi connectivity index (χ1n) is 6.92. The Labute approximate surface area is 147 Å². The van der Waals surface area contributed by atoms with Crippen LogP contribution in [0.25, 0.3) is 10.2 Å². The number of nitrogens with zero attached hydrogens (tertiary/aromatic N) is 1. The summed E-state index contributed by atoms with van der Waals surface area (Å²) in [4.78, 5) is 17.4. The second-order valence-corrected chi connectivity index (χ2v) is 7.30. The SMILES string of the molecule is Cc1c(Cl)ccc2sc(NNC(=O)CSc3ccccc3)nc12. The molecular formula is C16H14ClN3OS2. The highest BCUT2D eigenvalue weighted by Gasteiger charge is 2.09. The van der Waals surface area contributed by atoms with Crippen molar-refractivity contribution in [3.63, 3.8) is 0 Å². The van der Waals surface area contributed by atoms with Crippen molar-refractivity contribution in [3.05, 3.63) is 53.1 Å². The lowest BCUT2D eigenvalue weighted by Crippen LogP contribution is -2.30. The van der Waals surface area contributed by atoms with Gasteiger partial charge in [0.25, 0.3) is 0 Å². The van der Waals surface area contributed by atoms with Crippen LogP contribution >= 0.6 is 34.7 Å². The van der Waals surface area contributed by atoms with Crippen LogP contribution in [0.15, 0.2) is 47.4 Å². The molecule has 1 amide bonds. The van der Waals surface area contributed by atoms with Gasteiger partial charge in [-0.25, -0.2) is 4.98 Å². The van der Waals surface area contributed by atoms with E-state index in [2.05, 4.69) is 15.8 Å². The molecule has 0 radical (unpaired) electrons. The average Bonchev–Trinajstić information content (AvgIpc) is 2.99. The summed E-state index contributed by atoms with van der Waals surface area (Å²) in [6.45, 7) is 1.93. The summed E-state index contributed by atoms with van der Waals surface area (Å²) < 4.78 is 1.03. The van der Waals surface area contributed by atoms with Crippen molar-refractivity contribution in [1.82, 2.24) is 10.4 Å². The molecule has 0 aliphatic heterocycles. The lowest BCUT2D eigenvalue weighted by Gasteiger charge is -2.05. The molecule has 0 aliphatic rings. The molecule has 7 heteroatoms. The van der Waals surface area contributed by atoms with E-state index in [1.54, 1.807) is 0 Å². The summed E-state index contributed by atoms with van der Waals surface area (Å²) in [6, 6.07) is 13.6. The van der Waals surface area contributed by atoms with Gasteiger partial charge >= 0.3 is 0 Å². The number of carbonyl (C=O) groups is 1. The van der Waals surface area contributed by atoms with Crippen LogP contribution in [0.2, 0.25) is 5.02 Å². The number of amides is 1. The molecule has 0 bridgehead atoms. The largest absolute Gasteiger partial charge is 0.273 e. The topological polar surface area (TPSA) is 54.0 Å². The van der Waals surface area contributed by atoms with Gasteiger partial charge in [-0.3, -0.25) is 15.6 Å². The molecule has 3 aromatic rings. The number of hydrogen-bond donors (Lipinski definition) is 2. The molecule has 2 N–H and O–H groups in total. The van der Waals surface area contributed by atoms with Gasteiger partial charge in [0.2, 0.25) is 11.0 Å². The normalized spacial score (nSPS) is 10.7. The van der Waals surface area contributed by atoms with Gasteiger partial charge in [0.15, 0.2) is 0 Å². The minimum atomic E-state index is -0.104. The van der Waals surface area contributed by atoms with Crippen LogP contribution in [0.4, 0.5) is 5.13 Å². The van der Waals surface area contributed by atoms with E-state index in [-0.39, 0.29) is 5.91 Å². The van der Waals surface area contributed by atoms with Gasteiger partial charge < -0.3 is 0 Å².